The molecule has 1 N–H and O–H groups in total. The van der Waals surface area contributed by atoms with E-state index in [1.165, 1.54) is 18.2 Å². The minimum Gasteiger partial charge on any atom is -0.356 e. The van der Waals surface area contributed by atoms with E-state index in [9.17, 15) is 8.42 Å². The quantitative estimate of drug-likeness (QED) is 0.625. The number of anilines is 1. The van der Waals surface area contributed by atoms with E-state index in [1.54, 1.807) is 30.3 Å². The lowest BCUT2D eigenvalue weighted by atomic mass is 10.1. The first-order valence-corrected chi connectivity index (χ1v) is 9.69. The van der Waals surface area contributed by atoms with E-state index in [1.807, 2.05) is 6.92 Å². The van der Waals surface area contributed by atoms with Crippen LogP contribution in [0.3, 0.4) is 0 Å². The molecular formula is C17H14Cl2N2O3S. The second kappa shape index (κ2) is 7.07. The summed E-state index contributed by atoms with van der Waals surface area (Å²) in [6, 6.07) is 13.0. The van der Waals surface area contributed by atoms with E-state index < -0.39 is 10.0 Å². The van der Waals surface area contributed by atoms with Crippen LogP contribution in [0.25, 0.3) is 11.3 Å². The molecule has 25 heavy (non-hydrogen) atoms. The van der Waals surface area contributed by atoms with Crippen molar-refractivity contribution in [3.8, 4) is 11.3 Å². The van der Waals surface area contributed by atoms with E-state index in [0.29, 0.717) is 22.0 Å². The summed E-state index contributed by atoms with van der Waals surface area (Å²) in [5.41, 5.74) is 2.57. The second-order valence-corrected chi connectivity index (χ2v) is 7.76. The number of aromatic nitrogens is 1. The van der Waals surface area contributed by atoms with Crippen molar-refractivity contribution >= 4 is 38.9 Å². The van der Waals surface area contributed by atoms with Crippen molar-refractivity contribution < 1.29 is 12.9 Å². The summed E-state index contributed by atoms with van der Waals surface area (Å²) in [4.78, 5) is 0.0995. The number of nitrogens with one attached hydrogen (secondary N) is 1. The third-order valence-electron chi connectivity index (χ3n) is 3.52. The molecule has 0 amide bonds. The highest BCUT2D eigenvalue weighted by molar-refractivity contribution is 7.92. The van der Waals surface area contributed by atoms with Crippen molar-refractivity contribution in [1.82, 2.24) is 5.16 Å². The molecule has 0 aliphatic rings. The SMILES string of the molecule is Cc1cc(-c2ccc(NS(=O)(=O)c3ccc(Cl)c(CCl)c3)cc2)on1. The average molecular weight is 397 g/mol. The van der Waals surface area contributed by atoms with Crippen molar-refractivity contribution in [1.29, 1.82) is 0 Å². The predicted octanol–water partition coefficient (Wildman–Crippen LogP) is 4.84. The highest BCUT2D eigenvalue weighted by Crippen LogP contribution is 2.25. The molecule has 0 bridgehead atoms. The molecule has 0 unspecified atom stereocenters. The van der Waals surface area contributed by atoms with Gasteiger partial charge >= 0.3 is 0 Å². The summed E-state index contributed by atoms with van der Waals surface area (Å²) in [5.74, 6) is 0.754. The van der Waals surface area contributed by atoms with Crippen molar-refractivity contribution in [2.75, 3.05) is 4.72 Å². The Morgan fingerprint density at radius 1 is 1.12 bits per heavy atom. The van der Waals surface area contributed by atoms with Crippen LogP contribution in [0.5, 0.6) is 0 Å². The molecule has 0 spiro atoms. The lowest BCUT2D eigenvalue weighted by Gasteiger charge is -2.10. The molecule has 0 atom stereocenters. The number of rotatable bonds is 5. The first-order valence-electron chi connectivity index (χ1n) is 7.30. The lowest BCUT2D eigenvalue weighted by Crippen LogP contribution is -2.13. The van der Waals surface area contributed by atoms with Gasteiger partial charge in [0.2, 0.25) is 0 Å². The fraction of sp³-hybridized carbons (Fsp3) is 0.118. The number of halogens is 2. The average Bonchev–Trinajstić information content (AvgIpc) is 3.02. The Bertz CT molecular complexity index is 999. The van der Waals surface area contributed by atoms with Crippen LogP contribution in [0.15, 0.2) is 57.9 Å². The standard InChI is InChI=1S/C17H14Cl2N2O3S/c1-11-8-17(24-20-11)12-2-4-14(5-3-12)21-25(22,23)15-6-7-16(19)13(9-15)10-18/h2-9,21H,10H2,1H3. The van der Waals surface area contributed by atoms with Crippen LogP contribution in [0.1, 0.15) is 11.3 Å². The second-order valence-electron chi connectivity index (χ2n) is 5.40. The number of hydrogen-bond acceptors (Lipinski definition) is 4. The van der Waals surface area contributed by atoms with Gasteiger partial charge in [0.05, 0.1) is 10.6 Å². The summed E-state index contributed by atoms with van der Waals surface area (Å²) in [5, 5.41) is 4.26. The monoisotopic (exact) mass is 396 g/mol. The fourth-order valence-electron chi connectivity index (χ4n) is 2.24. The molecular weight excluding hydrogens is 383 g/mol. The Morgan fingerprint density at radius 3 is 2.44 bits per heavy atom. The molecule has 5 nitrogen and oxygen atoms in total. The van der Waals surface area contributed by atoms with Gasteiger partial charge in [-0.2, -0.15) is 0 Å². The zero-order chi connectivity index (χ0) is 18.0. The van der Waals surface area contributed by atoms with Crippen LogP contribution in [0.2, 0.25) is 5.02 Å². The van der Waals surface area contributed by atoms with Crippen LogP contribution in [-0.4, -0.2) is 13.6 Å². The number of alkyl halides is 1. The van der Waals surface area contributed by atoms with Gasteiger partial charge in [-0.1, -0.05) is 16.8 Å². The number of hydrogen-bond donors (Lipinski definition) is 1. The Labute approximate surface area is 155 Å². The Hall–Kier alpha value is -2.02. The summed E-state index contributed by atoms with van der Waals surface area (Å²) in [6.45, 7) is 1.83. The maximum Gasteiger partial charge on any atom is 0.261 e. The molecule has 0 aliphatic heterocycles. The van der Waals surface area contributed by atoms with E-state index in [0.717, 1.165) is 11.3 Å². The maximum absolute atomic E-state index is 12.5. The fourth-order valence-corrected chi connectivity index (χ4v) is 3.82. The highest BCUT2D eigenvalue weighted by atomic mass is 35.5. The van der Waals surface area contributed by atoms with Crippen molar-refractivity contribution in [2.24, 2.45) is 0 Å². The van der Waals surface area contributed by atoms with Gasteiger partial charge in [-0.25, -0.2) is 8.42 Å². The maximum atomic E-state index is 12.5. The smallest absolute Gasteiger partial charge is 0.261 e. The van der Waals surface area contributed by atoms with Crippen LogP contribution >= 0.6 is 23.2 Å². The largest absolute Gasteiger partial charge is 0.356 e. The number of sulfonamides is 1. The van der Waals surface area contributed by atoms with E-state index in [2.05, 4.69) is 9.88 Å². The molecule has 2 aromatic carbocycles. The van der Waals surface area contributed by atoms with Gasteiger partial charge in [0.25, 0.3) is 10.0 Å². The first kappa shape index (κ1) is 17.8. The molecule has 0 fully saturated rings. The molecule has 1 aromatic heterocycles. The molecule has 3 aromatic rings. The van der Waals surface area contributed by atoms with Crippen molar-refractivity contribution in [3.63, 3.8) is 0 Å². The van der Waals surface area contributed by atoms with Gasteiger partial charge in [-0.05, 0) is 55.0 Å². The predicted molar refractivity (Wildman–Crippen MR) is 98.5 cm³/mol. The Morgan fingerprint density at radius 2 is 1.84 bits per heavy atom. The zero-order valence-corrected chi connectivity index (χ0v) is 15.5. The van der Waals surface area contributed by atoms with Gasteiger partial charge < -0.3 is 4.52 Å². The zero-order valence-electron chi connectivity index (χ0n) is 13.2. The number of nitrogens with zero attached hydrogens (tertiary/aromatic N) is 1. The van der Waals surface area contributed by atoms with E-state index >= 15 is 0 Å². The van der Waals surface area contributed by atoms with Crippen LogP contribution in [0.4, 0.5) is 5.69 Å². The molecule has 130 valence electrons. The molecule has 0 radical (unpaired) electrons. The summed E-state index contributed by atoms with van der Waals surface area (Å²) >= 11 is 11.7. The minimum absolute atomic E-state index is 0.0995. The van der Waals surface area contributed by atoms with Crippen molar-refractivity contribution in [3.05, 3.63) is 64.8 Å². The van der Waals surface area contributed by atoms with Crippen LogP contribution in [0, 0.1) is 6.92 Å². The van der Waals surface area contributed by atoms with Crippen LogP contribution < -0.4 is 4.72 Å². The summed E-state index contributed by atoms with van der Waals surface area (Å²) in [7, 11) is -3.74. The minimum atomic E-state index is -3.74. The van der Waals surface area contributed by atoms with E-state index in [4.69, 9.17) is 27.7 Å². The third kappa shape index (κ3) is 3.98. The van der Waals surface area contributed by atoms with E-state index in [-0.39, 0.29) is 10.8 Å². The Kier molecular flexibility index (Phi) is 5.03. The van der Waals surface area contributed by atoms with Gasteiger partial charge in [-0.15, -0.1) is 11.6 Å². The topological polar surface area (TPSA) is 72.2 Å². The van der Waals surface area contributed by atoms with Gasteiger partial charge in [0.15, 0.2) is 5.76 Å². The Balaban J connectivity index is 1.83. The third-order valence-corrected chi connectivity index (χ3v) is 5.56. The van der Waals surface area contributed by atoms with Gasteiger partial charge in [-0.3, -0.25) is 4.72 Å². The normalized spacial score (nSPS) is 11.5. The highest BCUT2D eigenvalue weighted by Gasteiger charge is 2.16. The summed E-state index contributed by atoms with van der Waals surface area (Å²) < 4.78 is 32.7. The molecule has 1 heterocycles. The van der Waals surface area contributed by atoms with Gasteiger partial charge in [0, 0.05) is 28.2 Å². The first-order chi connectivity index (χ1) is 11.9. The van der Waals surface area contributed by atoms with Crippen molar-refractivity contribution in [2.45, 2.75) is 17.7 Å². The lowest BCUT2D eigenvalue weighted by molar-refractivity contribution is 0.427. The molecule has 0 saturated carbocycles. The molecule has 0 aliphatic carbocycles. The van der Waals surface area contributed by atoms with Gasteiger partial charge in [0.1, 0.15) is 0 Å². The molecule has 3 rings (SSSR count). The van der Waals surface area contributed by atoms with Crippen LogP contribution in [-0.2, 0) is 15.9 Å². The summed E-state index contributed by atoms with van der Waals surface area (Å²) in [6.07, 6.45) is 0. The number of aryl methyl sites for hydroxylation is 1. The molecule has 0 saturated heterocycles. The molecule has 8 heteroatoms. The number of benzene rings is 2.